The van der Waals surface area contributed by atoms with Gasteiger partial charge >= 0.3 is 0 Å². The Labute approximate surface area is 323 Å². The van der Waals surface area contributed by atoms with Crippen LogP contribution in [0.3, 0.4) is 0 Å². The predicted molar refractivity (Wildman–Crippen MR) is 213 cm³/mol. The van der Waals surface area contributed by atoms with Crippen LogP contribution in [-0.2, 0) is 14.3 Å². The Kier molecular flexibility index (Phi) is 32.2. The van der Waals surface area contributed by atoms with Gasteiger partial charge in [0.15, 0.2) is 6.29 Å². The number of hydrogen-bond acceptors (Lipinski definition) is 9. The van der Waals surface area contributed by atoms with Crippen molar-refractivity contribution in [1.82, 2.24) is 5.32 Å². The molecule has 10 nitrogen and oxygen atoms in total. The molecule has 1 fully saturated rings. The summed E-state index contributed by atoms with van der Waals surface area (Å²) in [5, 5.41) is 64.5. The summed E-state index contributed by atoms with van der Waals surface area (Å²) in [7, 11) is 0. The number of aliphatic hydroxyl groups excluding tert-OH is 6. The standard InChI is InChI=1S/C43H83NO9/c1-3-5-7-9-11-13-15-17-18-19-20-22-24-26-28-30-32-37(47)42(51)44-35(34-52-43-41(50)40(49)39(48)38(33-45)53-43)36(46)31-29-27-25-23-21-16-14-12-10-8-6-4-2/h29,31,35-41,43,45-50H,3-28,30,32-34H2,1-2H3,(H,44,51)/b31-29+. The average Bonchev–Trinajstić information content (AvgIpc) is 3.16. The van der Waals surface area contributed by atoms with Crippen LogP contribution in [0.25, 0.3) is 0 Å². The fourth-order valence-electron chi connectivity index (χ4n) is 7.04. The average molecular weight is 758 g/mol. The van der Waals surface area contributed by atoms with Crippen LogP contribution >= 0.6 is 0 Å². The summed E-state index contributed by atoms with van der Waals surface area (Å²) in [5.74, 6) is -0.615. The lowest BCUT2D eigenvalue weighted by Crippen LogP contribution is -2.60. The van der Waals surface area contributed by atoms with Gasteiger partial charge in [-0.3, -0.25) is 4.79 Å². The number of nitrogens with one attached hydrogen (secondary N) is 1. The van der Waals surface area contributed by atoms with Crippen molar-refractivity contribution in [1.29, 1.82) is 0 Å². The van der Waals surface area contributed by atoms with E-state index in [9.17, 15) is 35.4 Å². The lowest BCUT2D eigenvalue weighted by molar-refractivity contribution is -0.302. The molecule has 0 aromatic rings. The van der Waals surface area contributed by atoms with Crippen LogP contribution in [0.15, 0.2) is 12.2 Å². The van der Waals surface area contributed by atoms with Gasteiger partial charge in [0, 0.05) is 0 Å². The number of aliphatic hydroxyl groups is 6. The largest absolute Gasteiger partial charge is 0.394 e. The third-order valence-electron chi connectivity index (χ3n) is 10.7. The van der Waals surface area contributed by atoms with Crippen molar-refractivity contribution in [2.24, 2.45) is 0 Å². The highest BCUT2D eigenvalue weighted by Crippen LogP contribution is 2.23. The van der Waals surface area contributed by atoms with E-state index in [-0.39, 0.29) is 6.61 Å². The summed E-state index contributed by atoms with van der Waals surface area (Å²) < 4.78 is 11.1. The second-order valence-electron chi connectivity index (χ2n) is 15.6. The highest BCUT2D eigenvalue weighted by molar-refractivity contribution is 5.80. The van der Waals surface area contributed by atoms with Gasteiger partial charge in [-0.25, -0.2) is 0 Å². The van der Waals surface area contributed by atoms with Gasteiger partial charge in [0.2, 0.25) is 5.91 Å². The van der Waals surface area contributed by atoms with E-state index in [2.05, 4.69) is 19.2 Å². The van der Waals surface area contributed by atoms with Gasteiger partial charge in [-0.05, 0) is 19.3 Å². The maximum absolute atomic E-state index is 13.0. The smallest absolute Gasteiger partial charge is 0.249 e. The predicted octanol–water partition coefficient (Wildman–Crippen LogP) is 7.53. The molecule has 1 amide bonds. The summed E-state index contributed by atoms with van der Waals surface area (Å²) >= 11 is 0. The highest BCUT2D eigenvalue weighted by Gasteiger charge is 2.44. The van der Waals surface area contributed by atoms with E-state index >= 15 is 0 Å². The fourth-order valence-corrected chi connectivity index (χ4v) is 7.04. The van der Waals surface area contributed by atoms with Gasteiger partial charge in [0.1, 0.15) is 30.5 Å². The monoisotopic (exact) mass is 758 g/mol. The van der Waals surface area contributed by atoms with Crippen molar-refractivity contribution in [2.75, 3.05) is 13.2 Å². The number of hydrogen-bond donors (Lipinski definition) is 7. The van der Waals surface area contributed by atoms with E-state index in [1.165, 1.54) is 128 Å². The molecule has 1 saturated heterocycles. The second-order valence-corrected chi connectivity index (χ2v) is 15.6. The molecule has 0 bridgehead atoms. The van der Waals surface area contributed by atoms with Gasteiger partial charge in [-0.15, -0.1) is 0 Å². The van der Waals surface area contributed by atoms with Crippen molar-refractivity contribution in [2.45, 2.75) is 243 Å². The molecule has 7 N–H and O–H groups in total. The maximum atomic E-state index is 13.0. The molecule has 10 heteroatoms. The van der Waals surface area contributed by atoms with Gasteiger partial charge < -0.3 is 45.4 Å². The van der Waals surface area contributed by atoms with Crippen molar-refractivity contribution in [3.63, 3.8) is 0 Å². The van der Waals surface area contributed by atoms with Gasteiger partial charge in [0.05, 0.1) is 25.4 Å². The molecule has 314 valence electrons. The van der Waals surface area contributed by atoms with Crippen LogP contribution in [0.5, 0.6) is 0 Å². The van der Waals surface area contributed by atoms with Crippen molar-refractivity contribution >= 4 is 5.91 Å². The van der Waals surface area contributed by atoms with Gasteiger partial charge in [0.25, 0.3) is 0 Å². The highest BCUT2D eigenvalue weighted by atomic mass is 16.7. The molecule has 8 unspecified atom stereocenters. The van der Waals surface area contributed by atoms with Crippen LogP contribution in [0, 0.1) is 0 Å². The van der Waals surface area contributed by atoms with Crippen LogP contribution in [0.2, 0.25) is 0 Å². The topological polar surface area (TPSA) is 169 Å². The molecule has 0 saturated carbocycles. The van der Waals surface area contributed by atoms with Crippen molar-refractivity contribution in [3.05, 3.63) is 12.2 Å². The number of ether oxygens (including phenoxy) is 2. The SMILES string of the molecule is CCCCCCCCCCCC/C=C/C(O)C(COC1OC(CO)C(O)C(O)C1O)NC(=O)C(O)CCCCCCCCCCCCCCCCCC. The van der Waals surface area contributed by atoms with Gasteiger partial charge in [-0.1, -0.05) is 187 Å². The summed E-state index contributed by atoms with van der Waals surface area (Å²) in [6, 6.07) is -0.973. The molecule has 1 aliphatic heterocycles. The minimum Gasteiger partial charge on any atom is -0.394 e. The first-order valence-corrected chi connectivity index (χ1v) is 22.0. The number of unbranched alkanes of at least 4 members (excludes halogenated alkanes) is 25. The number of allylic oxidation sites excluding steroid dienone is 1. The van der Waals surface area contributed by atoms with E-state index in [0.29, 0.717) is 6.42 Å². The zero-order valence-electron chi connectivity index (χ0n) is 33.9. The normalized spacial score (nSPS) is 22.3. The van der Waals surface area contributed by atoms with E-state index in [4.69, 9.17) is 9.47 Å². The molecule has 53 heavy (non-hydrogen) atoms. The molecule has 0 aliphatic carbocycles. The van der Waals surface area contributed by atoms with Crippen LogP contribution in [0.1, 0.15) is 194 Å². The summed E-state index contributed by atoms with van der Waals surface area (Å²) in [6.45, 7) is 3.59. The minimum absolute atomic E-state index is 0.302. The molecule has 1 heterocycles. The van der Waals surface area contributed by atoms with Crippen LogP contribution < -0.4 is 5.32 Å². The number of rotatable bonds is 36. The van der Waals surface area contributed by atoms with Gasteiger partial charge in [-0.2, -0.15) is 0 Å². The first kappa shape index (κ1) is 49.9. The summed E-state index contributed by atoms with van der Waals surface area (Å²) in [6.07, 6.45) is 27.2. The molecule has 0 radical (unpaired) electrons. The second kappa shape index (κ2) is 34.2. The molecular weight excluding hydrogens is 674 g/mol. The Morgan fingerprint density at radius 1 is 0.642 bits per heavy atom. The number of amides is 1. The molecule has 1 aliphatic rings. The number of carbonyl (C=O) groups excluding carboxylic acids is 1. The fraction of sp³-hybridized carbons (Fsp3) is 0.930. The molecule has 0 aromatic heterocycles. The lowest BCUT2D eigenvalue weighted by Gasteiger charge is -2.40. The molecule has 0 aromatic carbocycles. The summed E-state index contributed by atoms with van der Waals surface area (Å²) in [5.41, 5.74) is 0. The van der Waals surface area contributed by atoms with Crippen LogP contribution in [-0.4, -0.2) is 98.7 Å². The quantitative estimate of drug-likeness (QED) is 0.0252. The Balaban J connectivity index is 2.43. The molecule has 8 atom stereocenters. The molecule has 0 spiro atoms. The summed E-state index contributed by atoms with van der Waals surface area (Å²) in [4.78, 5) is 13.0. The zero-order chi connectivity index (χ0) is 38.9. The number of carbonyl (C=O) groups is 1. The first-order valence-electron chi connectivity index (χ1n) is 22.0. The van der Waals surface area contributed by atoms with E-state index in [1.54, 1.807) is 6.08 Å². The Bertz CT molecular complexity index is 860. The van der Waals surface area contributed by atoms with Crippen LogP contribution in [0.4, 0.5) is 0 Å². The van der Waals surface area contributed by atoms with E-state index in [0.717, 1.165) is 44.9 Å². The minimum atomic E-state index is -1.61. The van der Waals surface area contributed by atoms with Crippen molar-refractivity contribution < 1.29 is 44.9 Å². The third kappa shape index (κ3) is 24.9. The van der Waals surface area contributed by atoms with Crippen molar-refractivity contribution in [3.8, 4) is 0 Å². The first-order chi connectivity index (χ1) is 25.8. The maximum Gasteiger partial charge on any atom is 0.249 e. The zero-order valence-corrected chi connectivity index (χ0v) is 33.9. The lowest BCUT2D eigenvalue weighted by atomic mass is 9.99. The molecular formula is C43H83NO9. The Morgan fingerprint density at radius 3 is 1.53 bits per heavy atom. The Hall–Kier alpha value is -1.11. The molecule has 1 rings (SSSR count). The third-order valence-corrected chi connectivity index (χ3v) is 10.7. The van der Waals surface area contributed by atoms with E-state index in [1.807, 2.05) is 6.08 Å². The Morgan fingerprint density at radius 2 is 1.08 bits per heavy atom. The van der Waals surface area contributed by atoms with E-state index < -0.39 is 61.5 Å².